The molecule has 1 atom stereocenters. The monoisotopic (exact) mass is 267 g/mol. The van der Waals surface area contributed by atoms with Crippen molar-refractivity contribution in [1.82, 2.24) is 5.32 Å². The van der Waals surface area contributed by atoms with Crippen LogP contribution in [0, 0.1) is 5.92 Å². The second-order valence-corrected chi connectivity index (χ2v) is 4.94. The molecule has 1 aliphatic carbocycles. The molecule has 1 aliphatic rings. The van der Waals surface area contributed by atoms with Crippen molar-refractivity contribution in [3.63, 3.8) is 0 Å². The van der Waals surface area contributed by atoms with Gasteiger partial charge in [0.25, 0.3) is 0 Å². The summed E-state index contributed by atoms with van der Waals surface area (Å²) >= 11 is 5.84. The molecule has 0 unspecified atom stereocenters. The van der Waals surface area contributed by atoms with Crippen molar-refractivity contribution in [2.45, 2.75) is 25.3 Å². The van der Waals surface area contributed by atoms with Crippen molar-refractivity contribution in [3.05, 3.63) is 34.9 Å². The topological polar surface area (TPSA) is 66.4 Å². The van der Waals surface area contributed by atoms with Gasteiger partial charge in [-0.15, -0.1) is 0 Å². The van der Waals surface area contributed by atoms with E-state index in [0.29, 0.717) is 5.02 Å². The highest BCUT2D eigenvalue weighted by Crippen LogP contribution is 2.29. The third-order valence-corrected chi connectivity index (χ3v) is 3.13. The van der Waals surface area contributed by atoms with Gasteiger partial charge in [-0.2, -0.15) is 0 Å². The van der Waals surface area contributed by atoms with Gasteiger partial charge in [0, 0.05) is 17.4 Å². The number of benzene rings is 1. The van der Waals surface area contributed by atoms with E-state index in [4.69, 9.17) is 16.7 Å². The Hall–Kier alpha value is -1.55. The van der Waals surface area contributed by atoms with Gasteiger partial charge in [-0.05, 0) is 30.5 Å². The first-order valence-corrected chi connectivity index (χ1v) is 6.21. The van der Waals surface area contributed by atoms with Crippen LogP contribution in [0.25, 0.3) is 0 Å². The number of hydrogen-bond acceptors (Lipinski definition) is 2. The first-order chi connectivity index (χ1) is 8.56. The van der Waals surface area contributed by atoms with Gasteiger partial charge in [-0.3, -0.25) is 4.79 Å². The molecule has 96 valence electrons. The summed E-state index contributed by atoms with van der Waals surface area (Å²) in [4.78, 5) is 22.7. The Balaban J connectivity index is 2.01. The largest absolute Gasteiger partial charge is 0.480 e. The minimum Gasteiger partial charge on any atom is -0.480 e. The molecule has 0 aliphatic heterocycles. The molecule has 1 fully saturated rings. The summed E-state index contributed by atoms with van der Waals surface area (Å²) in [5.74, 6) is -1.18. The predicted molar refractivity (Wildman–Crippen MR) is 67.4 cm³/mol. The Morgan fingerprint density at radius 2 is 2.17 bits per heavy atom. The average Bonchev–Trinajstić information content (AvgIpc) is 3.11. The minimum absolute atomic E-state index is 0.00575. The normalized spacial score (nSPS) is 16.1. The standard InChI is InChI=1S/C13H14ClNO3/c14-10-3-1-2-8(6-10)7-11(13(17)18)15-12(16)9-4-5-9/h1-3,6,9,11H,4-5,7H2,(H,15,16)(H,17,18)/t11-/m1/s1. The fourth-order valence-corrected chi connectivity index (χ4v) is 1.95. The highest BCUT2D eigenvalue weighted by molar-refractivity contribution is 6.30. The molecule has 1 aromatic rings. The maximum Gasteiger partial charge on any atom is 0.326 e. The molecule has 4 nitrogen and oxygen atoms in total. The number of carbonyl (C=O) groups is 2. The molecule has 2 N–H and O–H groups in total. The lowest BCUT2D eigenvalue weighted by molar-refractivity contribution is -0.142. The predicted octanol–water partition coefficient (Wildman–Crippen LogP) is 1.86. The van der Waals surface area contributed by atoms with Crippen LogP contribution in [-0.2, 0) is 16.0 Å². The van der Waals surface area contributed by atoms with Crippen molar-refractivity contribution in [3.8, 4) is 0 Å². The van der Waals surface area contributed by atoms with Crippen molar-refractivity contribution in [1.29, 1.82) is 0 Å². The zero-order valence-corrected chi connectivity index (χ0v) is 10.5. The number of amides is 1. The van der Waals surface area contributed by atoms with Crippen LogP contribution in [-0.4, -0.2) is 23.0 Å². The molecule has 2 rings (SSSR count). The van der Waals surface area contributed by atoms with E-state index in [1.165, 1.54) is 0 Å². The molecule has 0 heterocycles. The smallest absolute Gasteiger partial charge is 0.326 e. The Morgan fingerprint density at radius 1 is 1.44 bits per heavy atom. The van der Waals surface area contributed by atoms with Crippen LogP contribution in [0.1, 0.15) is 18.4 Å². The van der Waals surface area contributed by atoms with Crippen LogP contribution in [0.3, 0.4) is 0 Å². The number of nitrogens with one attached hydrogen (secondary N) is 1. The summed E-state index contributed by atoms with van der Waals surface area (Å²) in [6.07, 6.45) is 1.96. The van der Waals surface area contributed by atoms with Crippen LogP contribution in [0.2, 0.25) is 5.02 Å². The third-order valence-electron chi connectivity index (χ3n) is 2.89. The lowest BCUT2D eigenvalue weighted by atomic mass is 10.1. The van der Waals surface area contributed by atoms with Gasteiger partial charge in [0.1, 0.15) is 6.04 Å². The number of aliphatic carboxylic acids is 1. The molecule has 0 radical (unpaired) electrons. The number of halogens is 1. The van der Waals surface area contributed by atoms with Crippen molar-refractivity contribution < 1.29 is 14.7 Å². The van der Waals surface area contributed by atoms with Crippen LogP contribution >= 0.6 is 11.6 Å². The van der Waals surface area contributed by atoms with E-state index in [-0.39, 0.29) is 18.2 Å². The number of carboxylic acids is 1. The molecule has 5 heteroatoms. The second kappa shape index (κ2) is 5.40. The molecule has 1 saturated carbocycles. The first-order valence-electron chi connectivity index (χ1n) is 5.84. The maximum atomic E-state index is 11.6. The number of carboxylic acid groups (broad SMARTS) is 1. The van der Waals surface area contributed by atoms with E-state index in [2.05, 4.69) is 5.32 Å². The lowest BCUT2D eigenvalue weighted by Crippen LogP contribution is -2.43. The van der Waals surface area contributed by atoms with E-state index in [9.17, 15) is 9.59 Å². The zero-order valence-electron chi connectivity index (χ0n) is 9.73. The summed E-state index contributed by atoms with van der Waals surface area (Å²) in [6.45, 7) is 0. The number of hydrogen-bond donors (Lipinski definition) is 2. The summed E-state index contributed by atoms with van der Waals surface area (Å²) in [5.41, 5.74) is 0.797. The van der Waals surface area contributed by atoms with Gasteiger partial charge in [0.2, 0.25) is 5.91 Å². The number of carbonyl (C=O) groups excluding carboxylic acids is 1. The Kier molecular flexibility index (Phi) is 3.87. The molecule has 18 heavy (non-hydrogen) atoms. The highest BCUT2D eigenvalue weighted by Gasteiger charge is 2.32. The van der Waals surface area contributed by atoms with Gasteiger partial charge in [0.05, 0.1) is 0 Å². The van der Waals surface area contributed by atoms with Gasteiger partial charge in [-0.1, -0.05) is 23.7 Å². The van der Waals surface area contributed by atoms with Gasteiger partial charge < -0.3 is 10.4 Å². The zero-order chi connectivity index (χ0) is 13.1. The second-order valence-electron chi connectivity index (χ2n) is 4.51. The lowest BCUT2D eigenvalue weighted by Gasteiger charge is -2.14. The van der Waals surface area contributed by atoms with E-state index in [0.717, 1.165) is 18.4 Å². The molecule has 0 spiro atoms. The molecule has 0 saturated heterocycles. The fourth-order valence-electron chi connectivity index (χ4n) is 1.73. The van der Waals surface area contributed by atoms with Gasteiger partial charge >= 0.3 is 5.97 Å². The van der Waals surface area contributed by atoms with Crippen molar-refractivity contribution in [2.24, 2.45) is 5.92 Å². The molecular formula is C13H14ClNO3. The van der Waals surface area contributed by atoms with Crippen LogP contribution < -0.4 is 5.32 Å². The van der Waals surface area contributed by atoms with Gasteiger partial charge in [0.15, 0.2) is 0 Å². The molecule has 0 bridgehead atoms. The summed E-state index contributed by atoms with van der Waals surface area (Å²) in [7, 11) is 0. The van der Waals surface area contributed by atoms with Crippen molar-refractivity contribution >= 4 is 23.5 Å². The molecule has 1 aromatic carbocycles. The van der Waals surface area contributed by atoms with E-state index >= 15 is 0 Å². The molecule has 0 aromatic heterocycles. The highest BCUT2D eigenvalue weighted by atomic mass is 35.5. The van der Waals surface area contributed by atoms with Crippen LogP contribution in [0.4, 0.5) is 0 Å². The van der Waals surface area contributed by atoms with E-state index in [1.807, 2.05) is 0 Å². The molecule has 1 amide bonds. The Bertz CT molecular complexity index is 471. The number of rotatable bonds is 5. The van der Waals surface area contributed by atoms with E-state index in [1.54, 1.807) is 24.3 Å². The first kappa shape index (κ1) is 12.9. The minimum atomic E-state index is -1.02. The van der Waals surface area contributed by atoms with Crippen molar-refractivity contribution in [2.75, 3.05) is 0 Å². The SMILES string of the molecule is O=C(N[C@H](Cc1cccc(Cl)c1)C(=O)O)C1CC1. The molecular weight excluding hydrogens is 254 g/mol. The Labute approximate surface area is 110 Å². The fraction of sp³-hybridized carbons (Fsp3) is 0.385. The van der Waals surface area contributed by atoms with Gasteiger partial charge in [-0.25, -0.2) is 4.79 Å². The summed E-state index contributed by atoms with van der Waals surface area (Å²) in [6, 6.07) is 6.10. The summed E-state index contributed by atoms with van der Waals surface area (Å²) < 4.78 is 0. The van der Waals surface area contributed by atoms with Crippen LogP contribution in [0.15, 0.2) is 24.3 Å². The third kappa shape index (κ3) is 3.47. The summed E-state index contributed by atoms with van der Waals surface area (Å²) in [5, 5.41) is 12.2. The Morgan fingerprint density at radius 3 is 2.72 bits per heavy atom. The van der Waals surface area contributed by atoms with Crippen LogP contribution in [0.5, 0.6) is 0 Å². The average molecular weight is 268 g/mol. The maximum absolute atomic E-state index is 11.6. The van der Waals surface area contributed by atoms with E-state index < -0.39 is 12.0 Å². The quantitative estimate of drug-likeness (QED) is 0.856.